The zero-order valence-corrected chi connectivity index (χ0v) is 8.38. The maximum atomic E-state index is 11.6. The first-order valence-corrected chi connectivity index (χ1v) is 4.87. The van der Waals surface area contributed by atoms with Crippen molar-refractivity contribution in [1.82, 2.24) is 5.06 Å². The molecule has 0 radical (unpaired) electrons. The Morgan fingerprint density at radius 2 is 2.31 bits per heavy atom. The first kappa shape index (κ1) is 10.3. The Kier molecular flexibility index (Phi) is 3.96. The highest BCUT2D eigenvalue weighted by molar-refractivity contribution is 5.92. The summed E-state index contributed by atoms with van der Waals surface area (Å²) in [5, 5.41) is 1.48. The molecule has 0 aromatic rings. The number of hydroxylamine groups is 2. The molecular formula is C10H17NO2. The first-order chi connectivity index (χ1) is 6.25. The molecule has 1 heterocycles. The summed E-state index contributed by atoms with van der Waals surface area (Å²) in [6.45, 7) is 5.26. The van der Waals surface area contributed by atoms with E-state index in [0.29, 0.717) is 6.61 Å². The van der Waals surface area contributed by atoms with Crippen molar-refractivity contribution in [3.8, 4) is 0 Å². The minimum atomic E-state index is 0.0153. The molecule has 1 fully saturated rings. The second-order valence-electron chi connectivity index (χ2n) is 3.24. The number of nitrogens with zero attached hydrogens (tertiary/aromatic N) is 1. The average molecular weight is 183 g/mol. The first-order valence-electron chi connectivity index (χ1n) is 4.87. The van der Waals surface area contributed by atoms with Gasteiger partial charge in [0.1, 0.15) is 0 Å². The van der Waals surface area contributed by atoms with Crippen LogP contribution in [0.4, 0.5) is 0 Å². The van der Waals surface area contributed by atoms with Crippen molar-refractivity contribution in [2.45, 2.75) is 33.1 Å². The third-order valence-corrected chi connectivity index (χ3v) is 2.08. The topological polar surface area (TPSA) is 29.5 Å². The zero-order chi connectivity index (χ0) is 9.68. The molecule has 1 saturated heterocycles. The second kappa shape index (κ2) is 5.02. The van der Waals surface area contributed by atoms with Gasteiger partial charge in [0.05, 0.1) is 6.61 Å². The highest BCUT2D eigenvalue weighted by Gasteiger charge is 2.18. The van der Waals surface area contributed by atoms with Crippen LogP contribution >= 0.6 is 0 Å². The van der Waals surface area contributed by atoms with Crippen molar-refractivity contribution in [2.24, 2.45) is 0 Å². The number of carbonyl (C=O) groups excluding carboxylic acids is 1. The van der Waals surface area contributed by atoms with E-state index in [1.807, 2.05) is 19.9 Å². The molecule has 0 N–H and O–H groups in total. The van der Waals surface area contributed by atoms with Crippen LogP contribution in [0, 0.1) is 0 Å². The number of amides is 1. The summed E-state index contributed by atoms with van der Waals surface area (Å²) in [6, 6.07) is 0. The molecule has 74 valence electrons. The number of hydrogen-bond acceptors (Lipinski definition) is 2. The molecule has 0 aliphatic carbocycles. The van der Waals surface area contributed by atoms with Crippen LogP contribution in [-0.4, -0.2) is 24.1 Å². The van der Waals surface area contributed by atoms with Crippen molar-refractivity contribution in [3.63, 3.8) is 0 Å². The molecule has 0 bridgehead atoms. The molecule has 1 aliphatic rings. The Morgan fingerprint density at radius 1 is 1.54 bits per heavy atom. The molecule has 1 rings (SSSR count). The van der Waals surface area contributed by atoms with Crippen molar-refractivity contribution >= 4 is 5.91 Å². The third-order valence-electron chi connectivity index (χ3n) is 2.08. The molecule has 0 unspecified atom stereocenters. The van der Waals surface area contributed by atoms with Gasteiger partial charge in [-0.05, 0) is 26.2 Å². The molecule has 1 aliphatic heterocycles. The van der Waals surface area contributed by atoms with Crippen LogP contribution in [0.3, 0.4) is 0 Å². The van der Waals surface area contributed by atoms with Crippen LogP contribution in [0.25, 0.3) is 0 Å². The summed E-state index contributed by atoms with van der Waals surface area (Å²) >= 11 is 0. The van der Waals surface area contributed by atoms with Crippen molar-refractivity contribution in [2.75, 3.05) is 13.2 Å². The summed E-state index contributed by atoms with van der Waals surface area (Å²) in [7, 11) is 0. The van der Waals surface area contributed by atoms with E-state index in [1.165, 1.54) is 5.06 Å². The Bertz CT molecular complexity index is 205. The van der Waals surface area contributed by atoms with Crippen LogP contribution in [0.5, 0.6) is 0 Å². The zero-order valence-electron chi connectivity index (χ0n) is 8.38. The molecule has 3 heteroatoms. The maximum Gasteiger partial charge on any atom is 0.272 e. The molecule has 3 nitrogen and oxygen atoms in total. The van der Waals surface area contributed by atoms with Crippen LogP contribution in [0.1, 0.15) is 33.1 Å². The minimum Gasteiger partial charge on any atom is -0.271 e. The van der Waals surface area contributed by atoms with Gasteiger partial charge in [-0.1, -0.05) is 13.0 Å². The highest BCUT2D eigenvalue weighted by Crippen LogP contribution is 2.10. The molecule has 13 heavy (non-hydrogen) atoms. The number of allylic oxidation sites excluding steroid dienone is 1. The van der Waals surface area contributed by atoms with Gasteiger partial charge in [0.2, 0.25) is 0 Å². The Balaban J connectivity index is 2.50. The number of rotatable bonds is 2. The smallest absolute Gasteiger partial charge is 0.271 e. The third kappa shape index (κ3) is 2.84. The summed E-state index contributed by atoms with van der Waals surface area (Å²) < 4.78 is 0. The Labute approximate surface area is 79.3 Å². The molecule has 1 amide bonds. The fourth-order valence-electron chi connectivity index (χ4n) is 1.35. The quantitative estimate of drug-likeness (QED) is 0.612. The predicted octanol–water partition coefficient (Wildman–Crippen LogP) is 1.90. The second-order valence-corrected chi connectivity index (χ2v) is 3.24. The van der Waals surface area contributed by atoms with Gasteiger partial charge in [-0.25, -0.2) is 5.06 Å². The van der Waals surface area contributed by atoms with Crippen molar-refractivity contribution in [3.05, 3.63) is 11.6 Å². The van der Waals surface area contributed by atoms with Gasteiger partial charge in [0.25, 0.3) is 5.91 Å². The van der Waals surface area contributed by atoms with Crippen molar-refractivity contribution in [1.29, 1.82) is 0 Å². The van der Waals surface area contributed by atoms with Gasteiger partial charge in [-0.15, -0.1) is 0 Å². The summed E-state index contributed by atoms with van der Waals surface area (Å²) in [5.74, 6) is 0.0153. The van der Waals surface area contributed by atoms with Gasteiger partial charge >= 0.3 is 0 Å². The van der Waals surface area contributed by atoms with Crippen LogP contribution in [-0.2, 0) is 9.63 Å². The minimum absolute atomic E-state index is 0.0153. The molecule has 0 aromatic carbocycles. The van der Waals surface area contributed by atoms with E-state index in [4.69, 9.17) is 4.84 Å². The summed E-state index contributed by atoms with van der Waals surface area (Å²) in [5.41, 5.74) is 0.782. The summed E-state index contributed by atoms with van der Waals surface area (Å²) in [6.07, 6.45) is 4.93. The lowest BCUT2D eigenvalue weighted by Crippen LogP contribution is -2.36. The van der Waals surface area contributed by atoms with E-state index < -0.39 is 0 Å². The van der Waals surface area contributed by atoms with Crippen LogP contribution in [0.15, 0.2) is 11.6 Å². The van der Waals surface area contributed by atoms with E-state index in [-0.39, 0.29) is 5.91 Å². The number of carbonyl (C=O) groups is 1. The van der Waals surface area contributed by atoms with Crippen LogP contribution in [0.2, 0.25) is 0 Å². The Hall–Kier alpha value is -0.830. The maximum absolute atomic E-state index is 11.6. The van der Waals surface area contributed by atoms with Crippen LogP contribution < -0.4 is 0 Å². The predicted molar refractivity (Wildman–Crippen MR) is 50.9 cm³/mol. The number of hydrogen-bond donors (Lipinski definition) is 0. The normalized spacial score (nSPS) is 18.9. The lowest BCUT2D eigenvalue weighted by Gasteiger charge is -2.26. The highest BCUT2D eigenvalue weighted by atomic mass is 16.7. The van der Waals surface area contributed by atoms with E-state index in [2.05, 4.69) is 0 Å². The van der Waals surface area contributed by atoms with Crippen molar-refractivity contribution < 1.29 is 9.63 Å². The van der Waals surface area contributed by atoms with Gasteiger partial charge in [-0.2, -0.15) is 0 Å². The van der Waals surface area contributed by atoms with Gasteiger partial charge in [0.15, 0.2) is 0 Å². The molecule has 0 spiro atoms. The van der Waals surface area contributed by atoms with E-state index in [0.717, 1.165) is 31.4 Å². The Morgan fingerprint density at radius 3 is 2.85 bits per heavy atom. The fraction of sp³-hybridized carbons (Fsp3) is 0.700. The lowest BCUT2D eigenvalue weighted by molar-refractivity contribution is -0.192. The molecule has 0 aromatic heterocycles. The standard InChI is InChI=1S/C10H17NO2/c1-3-6-9(2)10(12)11-7-4-5-8-13-11/h6H,3-5,7-8H2,1-2H3/b9-6-. The molecular weight excluding hydrogens is 166 g/mol. The fourth-order valence-corrected chi connectivity index (χ4v) is 1.35. The molecule has 0 saturated carbocycles. The largest absolute Gasteiger partial charge is 0.272 e. The van der Waals surface area contributed by atoms with E-state index >= 15 is 0 Å². The lowest BCUT2D eigenvalue weighted by atomic mass is 10.2. The van der Waals surface area contributed by atoms with Gasteiger partial charge in [0, 0.05) is 12.1 Å². The van der Waals surface area contributed by atoms with Gasteiger partial charge < -0.3 is 0 Å². The van der Waals surface area contributed by atoms with Gasteiger partial charge in [-0.3, -0.25) is 9.63 Å². The SMILES string of the molecule is CC/C=C(/C)C(=O)N1CCCCO1. The summed E-state index contributed by atoms with van der Waals surface area (Å²) in [4.78, 5) is 16.9. The van der Waals surface area contributed by atoms with E-state index in [1.54, 1.807) is 0 Å². The average Bonchev–Trinajstić information content (AvgIpc) is 2.18. The van der Waals surface area contributed by atoms with E-state index in [9.17, 15) is 4.79 Å². The molecule has 0 atom stereocenters. The monoisotopic (exact) mass is 183 g/mol.